The third-order valence-corrected chi connectivity index (χ3v) is 26.3. The first kappa shape index (κ1) is 90.1. The van der Waals surface area contributed by atoms with Gasteiger partial charge < -0.3 is 0 Å². The van der Waals surface area contributed by atoms with Crippen molar-refractivity contribution in [3.8, 4) is 56.3 Å². The van der Waals surface area contributed by atoms with Gasteiger partial charge in [-0.25, -0.2) is 44.8 Å². The maximum absolute atomic E-state index is 15.1. The largest absolute Gasteiger partial charge is 0.223 e. The van der Waals surface area contributed by atoms with E-state index in [0.717, 1.165) is 139 Å². The Hall–Kier alpha value is -11.1. The Morgan fingerprint density at radius 2 is 0.639 bits per heavy atom. The van der Waals surface area contributed by atoms with E-state index < -0.39 is 0 Å². The second kappa shape index (κ2) is 36.9. The molecule has 0 spiro atoms. The van der Waals surface area contributed by atoms with Crippen LogP contribution >= 0.6 is 0 Å². The van der Waals surface area contributed by atoms with E-state index >= 15 is 17.6 Å². The first-order valence-corrected chi connectivity index (χ1v) is 43.7. The van der Waals surface area contributed by atoms with Crippen LogP contribution in [0.3, 0.4) is 0 Å². The molecule has 0 amide bonds. The van der Waals surface area contributed by atoms with E-state index in [0.29, 0.717) is 57.4 Å². The fraction of sp³-hybridized carbons (Fsp3) is 0.330. The molecule has 1 aliphatic rings. The van der Waals surface area contributed by atoms with Crippen molar-refractivity contribution in [2.45, 2.75) is 215 Å². The summed E-state index contributed by atoms with van der Waals surface area (Å²) in [5, 5.41) is 11.7. The Morgan fingerprint density at radius 1 is 0.270 bits per heavy atom. The third kappa shape index (κ3) is 17.7. The van der Waals surface area contributed by atoms with Crippen LogP contribution in [0.4, 0.5) is 22.0 Å². The Bertz CT molecular complexity index is 6300. The number of aromatic nitrogens is 5. The third-order valence-electron chi connectivity index (χ3n) is 26.3. The minimum absolute atomic E-state index is 0.0826. The summed E-state index contributed by atoms with van der Waals surface area (Å²) in [5.74, 6) is 1.91. The smallest absolute Gasteiger partial charge is 0.206 e. The lowest BCUT2D eigenvalue weighted by Crippen LogP contribution is -2.32. The first-order chi connectivity index (χ1) is 57.7. The Balaban J connectivity index is 0.000000139. The van der Waals surface area contributed by atoms with Gasteiger partial charge in [-0.15, -0.1) is 0 Å². The average molecular weight is 1640 g/mol. The molecular weight excluding hydrogens is 1510 g/mol. The lowest BCUT2D eigenvalue weighted by Gasteiger charge is -2.15. The molecule has 5 aromatic heterocycles. The quantitative estimate of drug-likeness (QED) is 0.0960. The fourth-order valence-corrected chi connectivity index (χ4v) is 18.5. The van der Waals surface area contributed by atoms with Crippen LogP contribution in [0.2, 0.25) is 0 Å². The molecule has 0 bridgehead atoms. The molecule has 0 N–H and O–H groups in total. The van der Waals surface area contributed by atoms with Crippen LogP contribution in [-0.4, -0.2) is 0 Å². The molecule has 0 radical (unpaired) electrons. The van der Waals surface area contributed by atoms with Gasteiger partial charge in [-0.3, -0.25) is 0 Å². The van der Waals surface area contributed by atoms with Crippen molar-refractivity contribution in [3.63, 3.8) is 0 Å². The lowest BCUT2D eigenvalue weighted by molar-refractivity contribution is -0.659. The summed E-state index contributed by atoms with van der Waals surface area (Å²) >= 11 is 0. The molecule has 0 atom stereocenters. The van der Waals surface area contributed by atoms with Gasteiger partial charge in [0, 0.05) is 29.8 Å². The standard InChI is InChI=1S/C24H27FN.4C22H25FN/c1-15-13-21(16(2)17(3)23(15)25)24-22-14-20(18-7-5-6-8-18)10-9-19(22)11-12-26(24)4;1-13(2)17-7-8-19-18(12-17)9-10-24(6)22(19)20-16(5)14(3)11-15(4)21(20)23;1-13(2)18-8-7-17-9-10-24(6)22(19(17)12-18)20-16(5)14(3)11-15(4)21(20)23;1-13(2)17-8-7-9-19-18(17)10-11-24(6)22(19)20-16(5)14(3)12-15(4)21(20)23;1-13(2)19-12-24(6)22(18-10-8-7-9-17(18)19)20-16(5)14(3)11-15(4)21(20)23/h9-14,18H,5-8H2,1-4H3;4*7-13H,1-6H3/q5*+1. The summed E-state index contributed by atoms with van der Waals surface area (Å²) in [6, 6.07) is 52.9. The maximum Gasteiger partial charge on any atom is 0.223 e. The number of pyridine rings is 5. The molecule has 1 fully saturated rings. The predicted octanol–water partition coefficient (Wildman–Crippen LogP) is 28.1. The number of rotatable bonds is 10. The van der Waals surface area contributed by atoms with Crippen LogP contribution in [0.25, 0.3) is 110 Å². The molecule has 16 rings (SSSR count). The summed E-state index contributed by atoms with van der Waals surface area (Å²) in [7, 11) is 10.1. The number of fused-ring (bicyclic) bond motifs is 5. The second-order valence-electron chi connectivity index (χ2n) is 36.2. The highest BCUT2D eigenvalue weighted by molar-refractivity contribution is 6.00. The van der Waals surface area contributed by atoms with E-state index in [9.17, 15) is 4.39 Å². The van der Waals surface area contributed by atoms with Crippen molar-refractivity contribution in [3.05, 3.63) is 323 Å². The second-order valence-corrected chi connectivity index (χ2v) is 36.2. The van der Waals surface area contributed by atoms with Crippen molar-refractivity contribution in [2.75, 3.05) is 0 Å². The van der Waals surface area contributed by atoms with Gasteiger partial charge in [0.05, 0.1) is 54.7 Å². The topological polar surface area (TPSA) is 19.4 Å². The first-order valence-electron chi connectivity index (χ1n) is 43.7. The molecule has 1 aliphatic carbocycles. The van der Waals surface area contributed by atoms with Crippen molar-refractivity contribution in [1.29, 1.82) is 0 Å². The molecular formula is C112H127F5N5+5. The number of benzene rings is 10. The Kier molecular flexibility index (Phi) is 27.3. The van der Waals surface area contributed by atoms with Crippen LogP contribution in [0.5, 0.6) is 0 Å². The summed E-state index contributed by atoms with van der Waals surface area (Å²) in [6.07, 6.45) is 15.6. The zero-order valence-electron chi connectivity index (χ0n) is 77.7. The Morgan fingerprint density at radius 3 is 1.11 bits per heavy atom. The number of aryl methyl sites for hydroxylation is 14. The minimum Gasteiger partial charge on any atom is -0.206 e. The SMILES string of the molecule is Cc1cc(-c2c3cc(C4CCCC4)ccc3cc[n+]2C)c(C)c(C)c1F.Cc1cc(C)c(F)c(-c2c3cc(C(C)C)ccc3cc[n+]2C)c1C.Cc1cc(C)c(F)c(-c2c3ccc(C(C)C)cc3cc[n+]2C)c1C.Cc1cc(C)c(F)c(-c2c3cccc(C(C)C)c3cc[n+]2C)c1C.Cc1cc(C)c(F)c(-c2c3ccccc3c(C(C)C)c[n+]2C)c1C. The summed E-state index contributed by atoms with van der Waals surface area (Å²) < 4.78 is 85.0. The summed E-state index contributed by atoms with van der Waals surface area (Å²) in [4.78, 5) is 0. The molecule has 10 aromatic carbocycles. The van der Waals surface area contributed by atoms with Gasteiger partial charge in [0.15, 0.2) is 31.0 Å². The van der Waals surface area contributed by atoms with Gasteiger partial charge in [-0.2, -0.15) is 0 Å². The van der Waals surface area contributed by atoms with Crippen LogP contribution < -0.4 is 22.8 Å². The van der Waals surface area contributed by atoms with Crippen molar-refractivity contribution < 1.29 is 44.8 Å². The zero-order chi connectivity index (χ0) is 88.8. The number of nitrogens with zero attached hydrogens (tertiary/aromatic N) is 5. The highest BCUT2D eigenvalue weighted by atomic mass is 19.1. The van der Waals surface area contributed by atoms with Gasteiger partial charge in [-0.05, 0) is 315 Å². The molecule has 5 nitrogen and oxygen atoms in total. The van der Waals surface area contributed by atoms with Gasteiger partial charge in [-0.1, -0.05) is 159 Å². The van der Waals surface area contributed by atoms with Gasteiger partial charge in [0.25, 0.3) is 0 Å². The molecule has 630 valence electrons. The monoisotopic (exact) mass is 1640 g/mol. The van der Waals surface area contributed by atoms with Crippen LogP contribution in [0, 0.1) is 133 Å². The Labute approximate surface area is 723 Å². The average Bonchev–Trinajstić information content (AvgIpc) is 0.800. The number of hydrogen-bond acceptors (Lipinski definition) is 0. The zero-order valence-corrected chi connectivity index (χ0v) is 77.7. The molecule has 0 saturated heterocycles. The molecule has 5 heterocycles. The molecule has 1 saturated carbocycles. The van der Waals surface area contributed by atoms with Gasteiger partial charge in [0.1, 0.15) is 64.3 Å². The lowest BCUT2D eigenvalue weighted by atomic mass is 9.91. The van der Waals surface area contributed by atoms with Gasteiger partial charge in [0.2, 0.25) is 28.5 Å². The van der Waals surface area contributed by atoms with Crippen LogP contribution in [-0.2, 0) is 35.2 Å². The highest BCUT2D eigenvalue weighted by Gasteiger charge is 2.31. The van der Waals surface area contributed by atoms with E-state index in [2.05, 4.69) is 220 Å². The van der Waals surface area contributed by atoms with E-state index in [-0.39, 0.29) is 29.1 Å². The minimum atomic E-state index is -0.117. The predicted molar refractivity (Wildman–Crippen MR) is 501 cm³/mol. The summed E-state index contributed by atoms with van der Waals surface area (Å²) in [5.41, 5.74) is 29.5. The van der Waals surface area contributed by atoms with Crippen molar-refractivity contribution in [2.24, 2.45) is 35.2 Å². The number of hydrogen-bond donors (Lipinski definition) is 0. The maximum atomic E-state index is 15.1. The molecule has 15 aromatic rings. The van der Waals surface area contributed by atoms with Crippen molar-refractivity contribution in [1.82, 2.24) is 0 Å². The molecule has 0 unspecified atom stereocenters. The number of halogens is 5. The van der Waals surface area contributed by atoms with E-state index in [1.807, 2.05) is 180 Å². The van der Waals surface area contributed by atoms with E-state index in [1.165, 1.54) is 80.7 Å². The normalized spacial score (nSPS) is 12.3. The fourth-order valence-electron chi connectivity index (χ4n) is 18.5. The van der Waals surface area contributed by atoms with Crippen LogP contribution in [0.1, 0.15) is 222 Å². The summed E-state index contributed by atoms with van der Waals surface area (Å²) in [6.45, 7) is 47.0. The molecule has 122 heavy (non-hydrogen) atoms. The van der Waals surface area contributed by atoms with E-state index in [4.69, 9.17) is 0 Å². The molecule has 10 heteroatoms. The van der Waals surface area contributed by atoms with Gasteiger partial charge >= 0.3 is 0 Å². The van der Waals surface area contributed by atoms with Crippen LogP contribution in [0.15, 0.2) is 183 Å². The van der Waals surface area contributed by atoms with Crippen molar-refractivity contribution >= 4 is 53.9 Å². The van der Waals surface area contributed by atoms with E-state index in [1.54, 1.807) is 0 Å². The highest BCUT2D eigenvalue weighted by Crippen LogP contribution is 2.43. The molecule has 0 aliphatic heterocycles.